The fraction of sp³-hybridized carbons (Fsp3) is 0.273. The predicted octanol–water partition coefficient (Wildman–Crippen LogP) is 1.71. The second-order valence-electron chi connectivity index (χ2n) is 3.43. The van der Waals surface area contributed by atoms with Gasteiger partial charge in [-0.25, -0.2) is 0 Å². The molecule has 3 heteroatoms. The van der Waals surface area contributed by atoms with Crippen molar-refractivity contribution >= 4 is 10.9 Å². The first-order chi connectivity index (χ1) is 6.74. The molecular formula is C11H13N3. The van der Waals surface area contributed by atoms with Gasteiger partial charge < -0.3 is 5.73 Å². The Morgan fingerprint density at radius 3 is 2.71 bits per heavy atom. The molecule has 0 amide bonds. The third kappa shape index (κ3) is 1.26. The van der Waals surface area contributed by atoms with Crippen LogP contribution in [0.4, 0.5) is 0 Å². The zero-order valence-electron chi connectivity index (χ0n) is 8.41. The van der Waals surface area contributed by atoms with E-state index in [0.717, 1.165) is 22.2 Å². The number of nitrogens with two attached hydrogens (primary N) is 1. The zero-order chi connectivity index (χ0) is 10.1. The van der Waals surface area contributed by atoms with Crippen molar-refractivity contribution < 1.29 is 0 Å². The molecule has 1 aromatic carbocycles. The van der Waals surface area contributed by atoms with Crippen molar-refractivity contribution in [3.8, 4) is 0 Å². The highest BCUT2D eigenvalue weighted by Crippen LogP contribution is 2.20. The van der Waals surface area contributed by atoms with Crippen LogP contribution in [0.2, 0.25) is 0 Å². The lowest BCUT2D eigenvalue weighted by molar-refractivity contribution is 0.981. The lowest BCUT2D eigenvalue weighted by atomic mass is 10.1. The molecule has 0 saturated heterocycles. The molecule has 0 saturated carbocycles. The summed E-state index contributed by atoms with van der Waals surface area (Å²) < 4.78 is 0. The highest BCUT2D eigenvalue weighted by molar-refractivity contribution is 5.84. The molecule has 1 aromatic heterocycles. The van der Waals surface area contributed by atoms with Crippen LogP contribution >= 0.6 is 0 Å². The Morgan fingerprint density at radius 2 is 2.00 bits per heavy atom. The van der Waals surface area contributed by atoms with Gasteiger partial charge in [0.2, 0.25) is 0 Å². The molecule has 0 unspecified atom stereocenters. The Hall–Kier alpha value is -1.48. The number of benzene rings is 1. The first-order valence-electron chi connectivity index (χ1n) is 4.65. The molecule has 0 aliphatic heterocycles. The molecule has 2 rings (SSSR count). The van der Waals surface area contributed by atoms with Crippen LogP contribution in [0.5, 0.6) is 0 Å². The van der Waals surface area contributed by atoms with Crippen molar-refractivity contribution in [2.75, 3.05) is 0 Å². The number of aryl methyl sites for hydroxylation is 2. The van der Waals surface area contributed by atoms with E-state index in [1.807, 2.05) is 19.1 Å². The van der Waals surface area contributed by atoms with Gasteiger partial charge in [0.05, 0.1) is 11.2 Å². The Labute approximate surface area is 83.0 Å². The molecule has 0 bridgehead atoms. The highest BCUT2D eigenvalue weighted by atomic mass is 15.1. The fourth-order valence-corrected chi connectivity index (χ4v) is 1.57. The molecular weight excluding hydrogens is 174 g/mol. The Bertz CT molecular complexity index is 477. The van der Waals surface area contributed by atoms with Gasteiger partial charge in [-0.3, -0.25) is 0 Å². The summed E-state index contributed by atoms with van der Waals surface area (Å²) >= 11 is 0. The van der Waals surface area contributed by atoms with E-state index >= 15 is 0 Å². The fourth-order valence-electron chi connectivity index (χ4n) is 1.57. The Morgan fingerprint density at radius 1 is 1.21 bits per heavy atom. The molecule has 2 N–H and O–H groups in total. The minimum atomic E-state index is 0.508. The number of rotatable bonds is 1. The summed E-state index contributed by atoms with van der Waals surface area (Å²) in [6, 6.07) is 6.07. The highest BCUT2D eigenvalue weighted by Gasteiger charge is 2.05. The number of hydrogen-bond acceptors (Lipinski definition) is 3. The Kier molecular flexibility index (Phi) is 2.17. The number of hydrogen-bond donors (Lipinski definition) is 1. The van der Waals surface area contributed by atoms with Crippen molar-refractivity contribution in [1.29, 1.82) is 0 Å². The quantitative estimate of drug-likeness (QED) is 0.739. The molecule has 2 aromatic rings. The van der Waals surface area contributed by atoms with Gasteiger partial charge in [-0.05, 0) is 25.0 Å². The van der Waals surface area contributed by atoms with Crippen molar-refractivity contribution in [3.63, 3.8) is 0 Å². The van der Waals surface area contributed by atoms with Crippen molar-refractivity contribution in [2.45, 2.75) is 20.4 Å². The van der Waals surface area contributed by atoms with Gasteiger partial charge >= 0.3 is 0 Å². The maximum absolute atomic E-state index is 5.64. The van der Waals surface area contributed by atoms with Gasteiger partial charge in [0, 0.05) is 11.9 Å². The molecule has 1 heterocycles. The van der Waals surface area contributed by atoms with E-state index in [1.165, 1.54) is 5.56 Å². The smallest absolute Gasteiger partial charge is 0.0977 e. The average Bonchev–Trinajstić information content (AvgIpc) is 2.23. The minimum absolute atomic E-state index is 0.508. The first-order valence-corrected chi connectivity index (χ1v) is 4.65. The molecule has 0 fully saturated rings. The summed E-state index contributed by atoms with van der Waals surface area (Å²) in [6.45, 7) is 4.54. The first kappa shape index (κ1) is 9.09. The van der Waals surface area contributed by atoms with Crippen LogP contribution in [0, 0.1) is 13.8 Å². The monoisotopic (exact) mass is 187 g/mol. The van der Waals surface area contributed by atoms with Crippen molar-refractivity contribution in [1.82, 2.24) is 10.2 Å². The summed E-state index contributed by atoms with van der Waals surface area (Å²) in [5, 5.41) is 9.45. The summed E-state index contributed by atoms with van der Waals surface area (Å²) in [6.07, 6.45) is 0. The van der Waals surface area contributed by atoms with Crippen LogP contribution in [0.3, 0.4) is 0 Å². The molecule has 14 heavy (non-hydrogen) atoms. The summed E-state index contributed by atoms with van der Waals surface area (Å²) in [5.41, 5.74) is 9.78. The zero-order valence-corrected chi connectivity index (χ0v) is 8.41. The van der Waals surface area contributed by atoms with Crippen LogP contribution < -0.4 is 5.73 Å². The molecule has 0 aliphatic rings. The third-order valence-electron chi connectivity index (χ3n) is 2.59. The normalized spacial score (nSPS) is 10.8. The largest absolute Gasteiger partial charge is 0.326 e. The Balaban J connectivity index is 2.86. The predicted molar refractivity (Wildman–Crippen MR) is 56.9 cm³/mol. The van der Waals surface area contributed by atoms with Crippen LogP contribution in [0.25, 0.3) is 10.9 Å². The average molecular weight is 187 g/mol. The number of fused-ring (bicyclic) bond motifs is 1. The second kappa shape index (κ2) is 3.35. The summed E-state index contributed by atoms with van der Waals surface area (Å²) in [4.78, 5) is 0. The topological polar surface area (TPSA) is 51.8 Å². The van der Waals surface area contributed by atoms with E-state index in [0.29, 0.717) is 6.54 Å². The van der Waals surface area contributed by atoms with E-state index in [4.69, 9.17) is 5.73 Å². The van der Waals surface area contributed by atoms with Crippen LogP contribution in [-0.2, 0) is 6.54 Å². The molecule has 0 atom stereocenters. The minimum Gasteiger partial charge on any atom is -0.326 e. The molecule has 0 aliphatic carbocycles. The summed E-state index contributed by atoms with van der Waals surface area (Å²) in [5.74, 6) is 0. The SMILES string of the molecule is Cc1nnc2c(CN)cccc2c1C. The van der Waals surface area contributed by atoms with Crippen LogP contribution in [0.15, 0.2) is 18.2 Å². The number of aromatic nitrogens is 2. The lowest BCUT2D eigenvalue weighted by Gasteiger charge is -2.06. The number of nitrogens with zero attached hydrogens (tertiary/aromatic N) is 2. The van der Waals surface area contributed by atoms with E-state index in [-0.39, 0.29) is 0 Å². The van der Waals surface area contributed by atoms with E-state index in [1.54, 1.807) is 0 Å². The van der Waals surface area contributed by atoms with E-state index < -0.39 is 0 Å². The van der Waals surface area contributed by atoms with E-state index in [9.17, 15) is 0 Å². The molecule has 3 nitrogen and oxygen atoms in total. The van der Waals surface area contributed by atoms with Crippen molar-refractivity contribution in [2.24, 2.45) is 5.73 Å². The molecule has 0 spiro atoms. The third-order valence-corrected chi connectivity index (χ3v) is 2.59. The maximum Gasteiger partial charge on any atom is 0.0977 e. The van der Waals surface area contributed by atoms with Gasteiger partial charge in [-0.15, -0.1) is 5.10 Å². The van der Waals surface area contributed by atoms with Gasteiger partial charge in [0.1, 0.15) is 0 Å². The van der Waals surface area contributed by atoms with Crippen LogP contribution in [0.1, 0.15) is 16.8 Å². The van der Waals surface area contributed by atoms with Crippen molar-refractivity contribution in [3.05, 3.63) is 35.0 Å². The van der Waals surface area contributed by atoms with Gasteiger partial charge in [0.25, 0.3) is 0 Å². The van der Waals surface area contributed by atoms with Crippen LogP contribution in [-0.4, -0.2) is 10.2 Å². The summed E-state index contributed by atoms with van der Waals surface area (Å²) in [7, 11) is 0. The van der Waals surface area contributed by atoms with Gasteiger partial charge in [-0.1, -0.05) is 18.2 Å². The standard InChI is InChI=1S/C11H13N3/c1-7-8(2)13-14-11-9(6-12)4-3-5-10(7)11/h3-5H,6,12H2,1-2H3. The second-order valence-corrected chi connectivity index (χ2v) is 3.43. The molecule has 72 valence electrons. The maximum atomic E-state index is 5.64. The van der Waals surface area contributed by atoms with Gasteiger partial charge in [-0.2, -0.15) is 5.10 Å². The van der Waals surface area contributed by atoms with Gasteiger partial charge in [0.15, 0.2) is 0 Å². The molecule has 0 radical (unpaired) electrons. The lowest BCUT2D eigenvalue weighted by Crippen LogP contribution is -2.01. The van der Waals surface area contributed by atoms with E-state index in [2.05, 4.69) is 23.2 Å².